The molecule has 0 heterocycles. The van der Waals surface area contributed by atoms with Crippen LogP contribution in [0.5, 0.6) is 0 Å². The maximum absolute atomic E-state index is 12.7. The molecule has 0 aliphatic rings. The maximum Gasteiger partial charge on any atom is 0.416 e. The highest BCUT2D eigenvalue weighted by molar-refractivity contribution is 7.88. The van der Waals surface area contributed by atoms with Gasteiger partial charge in [0, 0.05) is 20.0 Å². The van der Waals surface area contributed by atoms with Gasteiger partial charge in [0.25, 0.3) is 0 Å². The Kier molecular flexibility index (Phi) is 5.82. The van der Waals surface area contributed by atoms with Crippen molar-refractivity contribution in [2.75, 3.05) is 24.2 Å². The Morgan fingerprint density at radius 1 is 1.36 bits per heavy atom. The number of amides is 1. The van der Waals surface area contributed by atoms with E-state index in [-0.39, 0.29) is 23.8 Å². The Morgan fingerprint density at radius 2 is 1.95 bits per heavy atom. The molecule has 10 heteroatoms. The Bertz CT molecular complexity index is 662. The predicted octanol–water partition coefficient (Wildman–Crippen LogP) is 2.26. The van der Waals surface area contributed by atoms with Gasteiger partial charge in [0.05, 0.1) is 22.5 Å². The number of carbonyl (C=O) groups excluding carboxylic acids is 1. The summed E-state index contributed by atoms with van der Waals surface area (Å²) < 4.78 is 62.3. The van der Waals surface area contributed by atoms with Gasteiger partial charge in [-0.3, -0.25) is 4.79 Å². The van der Waals surface area contributed by atoms with Crippen LogP contribution in [0.1, 0.15) is 12.5 Å². The lowest BCUT2D eigenvalue weighted by Crippen LogP contribution is -2.37. The summed E-state index contributed by atoms with van der Waals surface area (Å²) in [5.74, 6) is -0.559. The molecule has 0 aliphatic carbocycles. The average molecular weight is 359 g/mol. The van der Waals surface area contributed by atoms with Crippen LogP contribution in [0.15, 0.2) is 18.2 Å². The molecule has 1 aromatic carbocycles. The van der Waals surface area contributed by atoms with Crippen molar-refractivity contribution in [3.8, 4) is 0 Å². The molecule has 0 fully saturated rings. The Morgan fingerprint density at radius 3 is 2.41 bits per heavy atom. The number of alkyl halides is 3. The molecule has 0 spiro atoms. The van der Waals surface area contributed by atoms with E-state index < -0.39 is 27.7 Å². The number of hydrogen-bond acceptors (Lipinski definition) is 3. The van der Waals surface area contributed by atoms with Crippen LogP contribution in [-0.4, -0.2) is 33.7 Å². The molecular weight excluding hydrogens is 345 g/mol. The Hall–Kier alpha value is -1.32. The molecule has 0 radical (unpaired) electrons. The number of hydrogen-bond donors (Lipinski definition) is 1. The van der Waals surface area contributed by atoms with E-state index >= 15 is 0 Å². The number of sulfonamides is 1. The first-order valence-electron chi connectivity index (χ1n) is 6.01. The summed E-state index contributed by atoms with van der Waals surface area (Å²) in [4.78, 5) is 12.6. The van der Waals surface area contributed by atoms with E-state index in [1.807, 2.05) is 0 Å². The summed E-state index contributed by atoms with van der Waals surface area (Å²) in [7, 11) is -3.47. The van der Waals surface area contributed by atoms with Crippen molar-refractivity contribution >= 4 is 33.2 Å². The van der Waals surface area contributed by atoms with Crippen LogP contribution in [0.25, 0.3) is 0 Å². The van der Waals surface area contributed by atoms with Gasteiger partial charge in [-0.1, -0.05) is 11.6 Å². The first kappa shape index (κ1) is 18.7. The summed E-state index contributed by atoms with van der Waals surface area (Å²) in [5.41, 5.74) is -1.08. The normalized spacial score (nSPS) is 12.3. The molecule has 0 aromatic heterocycles. The maximum atomic E-state index is 12.7. The summed E-state index contributed by atoms with van der Waals surface area (Å²) in [6, 6.07) is 2.60. The minimum Gasteiger partial charge on any atom is -0.310 e. The minimum absolute atomic E-state index is 0.0393. The molecule has 0 bridgehead atoms. The van der Waals surface area contributed by atoms with Crippen molar-refractivity contribution in [3.05, 3.63) is 28.8 Å². The van der Waals surface area contributed by atoms with Crippen LogP contribution < -0.4 is 9.62 Å². The van der Waals surface area contributed by atoms with Crippen LogP contribution in [0.4, 0.5) is 18.9 Å². The number of nitrogens with zero attached hydrogens (tertiary/aromatic N) is 1. The molecule has 0 saturated carbocycles. The van der Waals surface area contributed by atoms with Gasteiger partial charge in [-0.2, -0.15) is 13.2 Å². The molecule has 1 N–H and O–H groups in total. The van der Waals surface area contributed by atoms with Crippen LogP contribution in [0.3, 0.4) is 0 Å². The number of nitrogens with one attached hydrogen (secondary N) is 1. The lowest BCUT2D eigenvalue weighted by Gasteiger charge is -2.23. The fourth-order valence-corrected chi connectivity index (χ4v) is 2.37. The second-order valence-electron chi connectivity index (χ2n) is 4.50. The first-order valence-corrected chi connectivity index (χ1v) is 8.28. The third-order valence-corrected chi connectivity index (χ3v) is 3.69. The molecule has 0 unspecified atom stereocenters. The molecule has 1 amide bonds. The summed E-state index contributed by atoms with van der Waals surface area (Å²) >= 11 is 5.85. The summed E-state index contributed by atoms with van der Waals surface area (Å²) in [6.07, 6.45) is -3.64. The number of halogens is 4. The molecule has 0 aliphatic heterocycles. The molecule has 5 nitrogen and oxygen atoms in total. The highest BCUT2D eigenvalue weighted by Crippen LogP contribution is 2.35. The highest BCUT2D eigenvalue weighted by atomic mass is 35.5. The second kappa shape index (κ2) is 6.84. The SMILES string of the molecule is CC(=O)N(CCNS(C)(=O)=O)c1cc(C(F)(F)F)ccc1Cl. The smallest absolute Gasteiger partial charge is 0.310 e. The number of rotatable bonds is 5. The second-order valence-corrected chi connectivity index (χ2v) is 6.74. The van der Waals surface area contributed by atoms with Crippen LogP contribution >= 0.6 is 11.6 Å². The molecule has 0 atom stereocenters. The number of anilines is 1. The van der Waals surface area contributed by atoms with Crippen molar-refractivity contribution < 1.29 is 26.4 Å². The quantitative estimate of drug-likeness (QED) is 0.878. The standard InChI is InChI=1S/C12H14ClF3N2O3S/c1-8(19)18(6-5-17-22(2,20)21)11-7-9(12(14,15)16)3-4-10(11)13/h3-4,7,17H,5-6H2,1-2H3. The fourth-order valence-electron chi connectivity index (χ4n) is 1.69. The molecule has 0 saturated heterocycles. The third kappa shape index (κ3) is 5.47. The monoisotopic (exact) mass is 358 g/mol. The lowest BCUT2D eigenvalue weighted by molar-refractivity contribution is -0.137. The fraction of sp³-hybridized carbons (Fsp3) is 0.417. The number of benzene rings is 1. The highest BCUT2D eigenvalue weighted by Gasteiger charge is 2.31. The van der Waals surface area contributed by atoms with Crippen molar-refractivity contribution in [3.63, 3.8) is 0 Å². The van der Waals surface area contributed by atoms with Crippen LogP contribution in [0.2, 0.25) is 5.02 Å². The molecule has 124 valence electrons. The first-order chi connectivity index (χ1) is 9.92. The van der Waals surface area contributed by atoms with E-state index in [1.54, 1.807) is 0 Å². The van der Waals surface area contributed by atoms with Gasteiger partial charge in [-0.05, 0) is 18.2 Å². The zero-order valence-electron chi connectivity index (χ0n) is 11.7. The molecule has 1 aromatic rings. The van der Waals surface area contributed by atoms with E-state index in [0.29, 0.717) is 0 Å². The Balaban J connectivity index is 3.08. The molecule has 22 heavy (non-hydrogen) atoms. The van der Waals surface area contributed by atoms with Gasteiger partial charge in [-0.25, -0.2) is 13.1 Å². The van der Waals surface area contributed by atoms with E-state index in [2.05, 4.69) is 4.72 Å². The number of carbonyl (C=O) groups is 1. The lowest BCUT2D eigenvalue weighted by atomic mass is 10.1. The van der Waals surface area contributed by atoms with E-state index in [9.17, 15) is 26.4 Å². The van der Waals surface area contributed by atoms with Gasteiger partial charge in [-0.15, -0.1) is 0 Å². The van der Waals surface area contributed by atoms with E-state index in [4.69, 9.17) is 11.6 Å². The van der Waals surface area contributed by atoms with E-state index in [0.717, 1.165) is 36.3 Å². The van der Waals surface area contributed by atoms with Crippen molar-refractivity contribution in [2.45, 2.75) is 13.1 Å². The van der Waals surface area contributed by atoms with Crippen molar-refractivity contribution in [1.82, 2.24) is 4.72 Å². The van der Waals surface area contributed by atoms with Gasteiger partial charge >= 0.3 is 6.18 Å². The van der Waals surface area contributed by atoms with Crippen LogP contribution in [0, 0.1) is 0 Å². The van der Waals surface area contributed by atoms with Gasteiger partial charge < -0.3 is 4.90 Å². The third-order valence-electron chi connectivity index (χ3n) is 2.64. The zero-order valence-corrected chi connectivity index (χ0v) is 13.3. The Labute approximate surface area is 131 Å². The van der Waals surface area contributed by atoms with Crippen molar-refractivity contribution in [2.24, 2.45) is 0 Å². The van der Waals surface area contributed by atoms with Gasteiger partial charge in [0.15, 0.2) is 0 Å². The van der Waals surface area contributed by atoms with E-state index in [1.165, 1.54) is 0 Å². The molecular formula is C12H14ClF3N2O3S. The van der Waals surface area contributed by atoms with Gasteiger partial charge in [0.2, 0.25) is 15.9 Å². The summed E-state index contributed by atoms with van der Waals surface area (Å²) in [5, 5.41) is -0.0393. The minimum atomic E-state index is -4.58. The predicted molar refractivity (Wildman–Crippen MR) is 77.3 cm³/mol. The molecule has 1 rings (SSSR count). The zero-order chi connectivity index (χ0) is 17.1. The van der Waals surface area contributed by atoms with Crippen LogP contribution in [-0.2, 0) is 21.0 Å². The largest absolute Gasteiger partial charge is 0.416 e. The average Bonchev–Trinajstić information content (AvgIpc) is 2.32. The summed E-state index contributed by atoms with van der Waals surface area (Å²) in [6.45, 7) is 0.853. The van der Waals surface area contributed by atoms with Gasteiger partial charge in [0.1, 0.15) is 0 Å². The topological polar surface area (TPSA) is 66.5 Å². The van der Waals surface area contributed by atoms with Crippen molar-refractivity contribution in [1.29, 1.82) is 0 Å².